The standard InChI is InChI=1S/C13H20N4O3S/c1-10(18)16-5-2-6-17(8-7-16)13-9-11(21(15,19)20)3-4-12(13)14/h3-4,9H,2,5-8,14H2,1H3,(H2,15,19,20). The van der Waals surface area contributed by atoms with Gasteiger partial charge in [-0.15, -0.1) is 0 Å². The van der Waals surface area contributed by atoms with Crippen molar-refractivity contribution in [3.8, 4) is 0 Å². The fourth-order valence-corrected chi connectivity index (χ4v) is 2.98. The molecule has 1 aromatic carbocycles. The van der Waals surface area contributed by atoms with Crippen LogP contribution in [0, 0.1) is 0 Å². The van der Waals surface area contributed by atoms with Gasteiger partial charge in [0.25, 0.3) is 0 Å². The van der Waals surface area contributed by atoms with E-state index in [0.29, 0.717) is 37.6 Å². The zero-order valence-corrected chi connectivity index (χ0v) is 12.8. The van der Waals surface area contributed by atoms with Crippen molar-refractivity contribution in [1.29, 1.82) is 0 Å². The molecule has 21 heavy (non-hydrogen) atoms. The van der Waals surface area contributed by atoms with E-state index in [1.165, 1.54) is 12.1 Å². The molecule has 7 nitrogen and oxygen atoms in total. The Labute approximate surface area is 124 Å². The molecule has 1 aliphatic heterocycles. The normalized spacial score (nSPS) is 16.7. The zero-order chi connectivity index (χ0) is 15.6. The van der Waals surface area contributed by atoms with Crippen LogP contribution in [0.5, 0.6) is 0 Å². The molecule has 0 bridgehead atoms. The lowest BCUT2D eigenvalue weighted by Gasteiger charge is -2.25. The van der Waals surface area contributed by atoms with Gasteiger partial charge in [-0.2, -0.15) is 0 Å². The Morgan fingerprint density at radius 3 is 2.52 bits per heavy atom. The number of benzene rings is 1. The lowest BCUT2D eigenvalue weighted by atomic mass is 10.2. The van der Waals surface area contributed by atoms with Gasteiger partial charge in [0.15, 0.2) is 0 Å². The van der Waals surface area contributed by atoms with Gasteiger partial charge in [0.2, 0.25) is 15.9 Å². The first-order valence-electron chi connectivity index (χ1n) is 6.72. The Kier molecular flexibility index (Phi) is 4.38. The second-order valence-electron chi connectivity index (χ2n) is 5.11. The van der Waals surface area contributed by atoms with Crippen molar-refractivity contribution in [2.75, 3.05) is 36.8 Å². The molecule has 0 atom stereocenters. The molecule has 0 spiro atoms. The van der Waals surface area contributed by atoms with Crippen molar-refractivity contribution < 1.29 is 13.2 Å². The second-order valence-corrected chi connectivity index (χ2v) is 6.67. The second kappa shape index (κ2) is 5.90. The summed E-state index contributed by atoms with van der Waals surface area (Å²) in [6, 6.07) is 4.44. The van der Waals surface area contributed by atoms with E-state index in [9.17, 15) is 13.2 Å². The fourth-order valence-electron chi connectivity index (χ4n) is 2.45. The van der Waals surface area contributed by atoms with Crippen molar-refractivity contribution >= 4 is 27.3 Å². The molecule has 1 aromatic rings. The maximum atomic E-state index is 11.5. The fraction of sp³-hybridized carbons (Fsp3) is 0.462. The van der Waals surface area contributed by atoms with E-state index in [1.54, 1.807) is 17.9 Å². The SMILES string of the molecule is CC(=O)N1CCCN(c2cc(S(N)(=O)=O)ccc2N)CC1. The predicted octanol–water partition coefficient (Wildman–Crippen LogP) is -0.0252. The van der Waals surface area contributed by atoms with Crippen LogP contribution in [-0.4, -0.2) is 45.4 Å². The molecule has 0 saturated carbocycles. The molecule has 0 aromatic heterocycles. The lowest BCUT2D eigenvalue weighted by Crippen LogP contribution is -2.33. The largest absolute Gasteiger partial charge is 0.397 e. The van der Waals surface area contributed by atoms with Crippen LogP contribution in [0.15, 0.2) is 23.1 Å². The van der Waals surface area contributed by atoms with Crippen molar-refractivity contribution in [2.45, 2.75) is 18.2 Å². The molecule has 8 heteroatoms. The maximum Gasteiger partial charge on any atom is 0.238 e. The Balaban J connectivity index is 2.27. The molecule has 0 aliphatic carbocycles. The van der Waals surface area contributed by atoms with E-state index in [1.807, 2.05) is 4.90 Å². The van der Waals surface area contributed by atoms with Gasteiger partial charge in [-0.05, 0) is 24.6 Å². The first-order valence-corrected chi connectivity index (χ1v) is 8.26. The van der Waals surface area contributed by atoms with Crippen LogP contribution in [0.2, 0.25) is 0 Å². The van der Waals surface area contributed by atoms with Crippen LogP contribution >= 0.6 is 0 Å². The highest BCUT2D eigenvalue weighted by Gasteiger charge is 2.19. The van der Waals surface area contributed by atoms with Crippen molar-refractivity contribution in [3.63, 3.8) is 0 Å². The molecular weight excluding hydrogens is 292 g/mol. The Morgan fingerprint density at radius 1 is 1.19 bits per heavy atom. The highest BCUT2D eigenvalue weighted by molar-refractivity contribution is 7.89. The lowest BCUT2D eigenvalue weighted by molar-refractivity contribution is -0.128. The van der Waals surface area contributed by atoms with E-state index < -0.39 is 10.0 Å². The number of nitrogens with two attached hydrogens (primary N) is 2. The number of sulfonamides is 1. The molecule has 4 N–H and O–H groups in total. The summed E-state index contributed by atoms with van der Waals surface area (Å²) in [5.74, 6) is 0.0445. The summed E-state index contributed by atoms with van der Waals surface area (Å²) in [4.78, 5) is 15.2. The molecule has 1 saturated heterocycles. The summed E-state index contributed by atoms with van der Waals surface area (Å²) < 4.78 is 22.9. The van der Waals surface area contributed by atoms with Gasteiger partial charge in [0.05, 0.1) is 16.3 Å². The van der Waals surface area contributed by atoms with E-state index in [-0.39, 0.29) is 10.8 Å². The van der Waals surface area contributed by atoms with E-state index in [0.717, 1.165) is 6.42 Å². The molecule has 116 valence electrons. The number of amides is 1. The summed E-state index contributed by atoms with van der Waals surface area (Å²) in [5.41, 5.74) is 7.10. The number of rotatable bonds is 2. The summed E-state index contributed by atoms with van der Waals surface area (Å²) >= 11 is 0. The molecule has 1 heterocycles. The number of nitrogen functional groups attached to an aromatic ring is 1. The van der Waals surface area contributed by atoms with Gasteiger partial charge in [0.1, 0.15) is 0 Å². The Hall–Kier alpha value is -1.80. The monoisotopic (exact) mass is 312 g/mol. The van der Waals surface area contributed by atoms with Gasteiger partial charge < -0.3 is 15.5 Å². The number of nitrogens with zero attached hydrogens (tertiary/aromatic N) is 2. The molecule has 1 aliphatic rings. The minimum atomic E-state index is -3.76. The number of carbonyl (C=O) groups is 1. The Morgan fingerprint density at radius 2 is 1.90 bits per heavy atom. The number of hydrogen-bond donors (Lipinski definition) is 2. The molecule has 1 amide bonds. The van der Waals surface area contributed by atoms with Crippen LogP contribution in [0.1, 0.15) is 13.3 Å². The highest BCUT2D eigenvalue weighted by atomic mass is 32.2. The van der Waals surface area contributed by atoms with E-state index in [2.05, 4.69) is 0 Å². The third kappa shape index (κ3) is 3.64. The average molecular weight is 312 g/mol. The summed E-state index contributed by atoms with van der Waals surface area (Å²) in [7, 11) is -3.76. The van der Waals surface area contributed by atoms with Crippen LogP contribution in [-0.2, 0) is 14.8 Å². The minimum absolute atomic E-state index is 0.0411. The quantitative estimate of drug-likeness (QED) is 0.746. The third-order valence-corrected chi connectivity index (χ3v) is 4.52. The van der Waals surface area contributed by atoms with E-state index >= 15 is 0 Å². The first kappa shape index (κ1) is 15.6. The topological polar surface area (TPSA) is 110 Å². The molecule has 2 rings (SSSR count). The number of hydrogen-bond acceptors (Lipinski definition) is 5. The number of primary sulfonamides is 1. The number of anilines is 2. The molecule has 1 fully saturated rings. The maximum absolute atomic E-state index is 11.5. The predicted molar refractivity (Wildman–Crippen MR) is 81.3 cm³/mol. The van der Waals surface area contributed by atoms with Gasteiger partial charge >= 0.3 is 0 Å². The molecular formula is C13H20N4O3S. The first-order chi connectivity index (χ1) is 9.79. The minimum Gasteiger partial charge on any atom is -0.397 e. The third-order valence-electron chi connectivity index (χ3n) is 3.61. The number of carbonyl (C=O) groups excluding carboxylic acids is 1. The van der Waals surface area contributed by atoms with Crippen molar-refractivity contribution in [1.82, 2.24) is 4.90 Å². The van der Waals surface area contributed by atoms with Gasteiger partial charge in [-0.25, -0.2) is 13.6 Å². The van der Waals surface area contributed by atoms with Gasteiger partial charge in [-0.1, -0.05) is 0 Å². The summed E-state index contributed by atoms with van der Waals surface area (Å²) in [6.07, 6.45) is 0.804. The van der Waals surface area contributed by atoms with Crippen LogP contribution in [0.4, 0.5) is 11.4 Å². The van der Waals surface area contributed by atoms with Crippen LogP contribution in [0.3, 0.4) is 0 Å². The van der Waals surface area contributed by atoms with Crippen molar-refractivity contribution in [2.24, 2.45) is 5.14 Å². The molecule has 0 radical (unpaired) electrons. The van der Waals surface area contributed by atoms with Crippen molar-refractivity contribution in [3.05, 3.63) is 18.2 Å². The van der Waals surface area contributed by atoms with Gasteiger partial charge in [-0.3, -0.25) is 4.79 Å². The zero-order valence-electron chi connectivity index (χ0n) is 11.9. The van der Waals surface area contributed by atoms with Gasteiger partial charge in [0, 0.05) is 33.1 Å². The average Bonchev–Trinajstić information content (AvgIpc) is 2.63. The molecule has 0 unspecified atom stereocenters. The smallest absolute Gasteiger partial charge is 0.238 e. The van der Waals surface area contributed by atoms with Crippen LogP contribution < -0.4 is 15.8 Å². The van der Waals surface area contributed by atoms with E-state index in [4.69, 9.17) is 10.9 Å². The Bertz CT molecular complexity index is 645. The van der Waals surface area contributed by atoms with Crippen LogP contribution in [0.25, 0.3) is 0 Å². The summed E-state index contributed by atoms with van der Waals surface area (Å²) in [6.45, 7) is 4.15. The summed E-state index contributed by atoms with van der Waals surface area (Å²) in [5, 5.41) is 5.16. The highest BCUT2D eigenvalue weighted by Crippen LogP contribution is 2.27.